The Morgan fingerprint density at radius 2 is 1.91 bits per heavy atom. The summed E-state index contributed by atoms with van der Waals surface area (Å²) in [6.45, 7) is 3.55. The highest BCUT2D eigenvalue weighted by Gasteiger charge is 2.24. The fourth-order valence-electron chi connectivity index (χ4n) is 3.40. The van der Waals surface area contributed by atoms with Crippen molar-refractivity contribution in [3.8, 4) is 11.4 Å². The van der Waals surface area contributed by atoms with Crippen LogP contribution in [0.15, 0.2) is 64.0 Å². The van der Waals surface area contributed by atoms with Crippen molar-refractivity contribution in [3.05, 3.63) is 70.8 Å². The zero-order chi connectivity index (χ0) is 22.7. The molecule has 2 aromatic heterocycles. The molecule has 1 atom stereocenters. The van der Waals surface area contributed by atoms with Gasteiger partial charge in [-0.25, -0.2) is 4.79 Å². The first-order valence-corrected chi connectivity index (χ1v) is 10.2. The minimum Gasteiger partial charge on any atom is -0.361 e. The van der Waals surface area contributed by atoms with E-state index in [1.807, 2.05) is 30.5 Å². The number of amides is 2. The van der Waals surface area contributed by atoms with E-state index in [4.69, 9.17) is 0 Å². The second-order valence-electron chi connectivity index (χ2n) is 7.79. The monoisotopic (exact) mass is 433 g/mol. The summed E-state index contributed by atoms with van der Waals surface area (Å²) in [6.07, 6.45) is 2.18. The van der Waals surface area contributed by atoms with Gasteiger partial charge in [0, 0.05) is 40.7 Å². The molecule has 0 spiro atoms. The molecule has 0 aliphatic carbocycles. The van der Waals surface area contributed by atoms with Gasteiger partial charge in [-0.05, 0) is 23.8 Å². The Kier molecular flexibility index (Phi) is 5.89. The number of rotatable bonds is 7. The van der Waals surface area contributed by atoms with Crippen LogP contribution in [0.1, 0.15) is 19.4 Å². The molecule has 2 amide bonds. The fourth-order valence-corrected chi connectivity index (χ4v) is 3.40. The maximum Gasteiger partial charge on any atom is 0.439 e. The maximum atomic E-state index is 13.2. The molecule has 4 aromatic rings. The van der Waals surface area contributed by atoms with E-state index in [-0.39, 0.29) is 23.6 Å². The smallest absolute Gasteiger partial charge is 0.361 e. The van der Waals surface area contributed by atoms with E-state index in [1.54, 1.807) is 38.1 Å². The number of nitrogens with zero attached hydrogens (tertiary/aromatic N) is 1. The molecule has 2 heterocycles. The third-order valence-corrected chi connectivity index (χ3v) is 5.10. The zero-order valence-corrected chi connectivity index (χ0v) is 17.6. The van der Waals surface area contributed by atoms with Crippen molar-refractivity contribution in [2.24, 2.45) is 5.92 Å². The molecule has 0 saturated heterocycles. The fraction of sp³-hybridized carbons (Fsp3) is 0.217. The lowest BCUT2D eigenvalue weighted by atomic mass is 10.0. The van der Waals surface area contributed by atoms with Crippen molar-refractivity contribution in [2.45, 2.75) is 26.3 Å². The van der Waals surface area contributed by atoms with Gasteiger partial charge < -0.3 is 15.6 Å². The Morgan fingerprint density at radius 1 is 1.09 bits per heavy atom. The summed E-state index contributed by atoms with van der Waals surface area (Å²) in [6, 6.07) is 13.9. The maximum absolute atomic E-state index is 13.2. The second-order valence-corrected chi connectivity index (χ2v) is 7.79. The summed E-state index contributed by atoms with van der Waals surface area (Å²) in [5.74, 6) is -1.23. The number of benzene rings is 2. The van der Waals surface area contributed by atoms with Crippen LogP contribution in [0.3, 0.4) is 0 Å². The highest BCUT2D eigenvalue weighted by atomic mass is 16.5. The number of hydrogen-bond donors (Lipinski definition) is 4. The number of carbonyl (C=O) groups excluding carboxylic acids is 2. The lowest BCUT2D eigenvalue weighted by Gasteiger charge is -2.20. The van der Waals surface area contributed by atoms with Crippen molar-refractivity contribution in [1.29, 1.82) is 0 Å². The van der Waals surface area contributed by atoms with Crippen LogP contribution in [0.2, 0.25) is 0 Å². The molecule has 0 saturated carbocycles. The Hall–Kier alpha value is -4.14. The highest BCUT2D eigenvalue weighted by Crippen LogP contribution is 2.21. The number of aromatic nitrogens is 3. The quantitative estimate of drug-likeness (QED) is 0.356. The van der Waals surface area contributed by atoms with E-state index >= 15 is 0 Å². The molecule has 0 aliphatic rings. The van der Waals surface area contributed by atoms with Gasteiger partial charge in [0.2, 0.25) is 11.8 Å². The Balaban J connectivity index is 1.57. The van der Waals surface area contributed by atoms with Crippen LogP contribution < -0.4 is 16.4 Å². The van der Waals surface area contributed by atoms with Gasteiger partial charge in [0.1, 0.15) is 6.04 Å². The number of carbonyl (C=O) groups is 2. The molecule has 0 fully saturated rings. The first-order valence-electron chi connectivity index (χ1n) is 10.2. The molecule has 4 N–H and O–H groups in total. The molecule has 0 bridgehead atoms. The lowest BCUT2D eigenvalue weighted by Crippen LogP contribution is -2.46. The van der Waals surface area contributed by atoms with E-state index in [0.717, 1.165) is 16.5 Å². The number of fused-ring (bicyclic) bond motifs is 1. The predicted octanol–water partition coefficient (Wildman–Crippen LogP) is 2.83. The minimum absolute atomic E-state index is 0.209. The van der Waals surface area contributed by atoms with Crippen molar-refractivity contribution in [2.75, 3.05) is 5.32 Å². The molecule has 0 radical (unpaired) electrons. The van der Waals surface area contributed by atoms with Gasteiger partial charge in [-0.15, -0.1) is 0 Å². The number of aromatic amines is 2. The third kappa shape index (κ3) is 4.61. The summed E-state index contributed by atoms with van der Waals surface area (Å²) in [4.78, 5) is 42.4. The molecule has 9 heteroatoms. The van der Waals surface area contributed by atoms with Crippen LogP contribution >= 0.6 is 0 Å². The van der Waals surface area contributed by atoms with Crippen LogP contribution in [0.25, 0.3) is 22.3 Å². The van der Waals surface area contributed by atoms with Gasteiger partial charge in [0.25, 0.3) is 0 Å². The summed E-state index contributed by atoms with van der Waals surface area (Å²) < 4.78 is 4.54. The SMILES string of the molecule is CC(C)C(=O)NC(Cc1c[nH]c2ccccc12)C(=O)Nc1cccc(-c2noc(=O)[nH]2)c1. The molecule has 32 heavy (non-hydrogen) atoms. The number of nitrogens with one attached hydrogen (secondary N) is 4. The predicted molar refractivity (Wildman–Crippen MR) is 120 cm³/mol. The molecular formula is C23H23N5O4. The molecule has 4 rings (SSSR count). The van der Waals surface area contributed by atoms with Crippen LogP contribution in [0.4, 0.5) is 5.69 Å². The highest BCUT2D eigenvalue weighted by molar-refractivity contribution is 5.98. The van der Waals surface area contributed by atoms with Gasteiger partial charge in [-0.1, -0.05) is 49.3 Å². The summed E-state index contributed by atoms with van der Waals surface area (Å²) in [7, 11) is 0. The largest absolute Gasteiger partial charge is 0.439 e. The van der Waals surface area contributed by atoms with Gasteiger partial charge in [-0.3, -0.25) is 19.1 Å². The van der Waals surface area contributed by atoms with Gasteiger partial charge in [0.05, 0.1) is 0 Å². The number of hydrogen-bond acceptors (Lipinski definition) is 5. The lowest BCUT2D eigenvalue weighted by molar-refractivity contribution is -0.128. The summed E-state index contributed by atoms with van der Waals surface area (Å²) >= 11 is 0. The van der Waals surface area contributed by atoms with Crippen LogP contribution in [0.5, 0.6) is 0 Å². The van der Waals surface area contributed by atoms with E-state index < -0.39 is 11.8 Å². The van der Waals surface area contributed by atoms with E-state index in [9.17, 15) is 14.4 Å². The van der Waals surface area contributed by atoms with Crippen molar-refractivity contribution in [1.82, 2.24) is 20.4 Å². The Labute approximate surface area is 183 Å². The molecule has 9 nitrogen and oxygen atoms in total. The molecule has 0 aliphatic heterocycles. The molecule has 2 aromatic carbocycles. The normalized spacial score (nSPS) is 12.1. The zero-order valence-electron chi connectivity index (χ0n) is 17.6. The second kappa shape index (κ2) is 8.93. The van der Waals surface area contributed by atoms with Crippen LogP contribution in [-0.4, -0.2) is 33.0 Å². The number of H-pyrrole nitrogens is 2. The van der Waals surface area contributed by atoms with Crippen LogP contribution in [0, 0.1) is 5.92 Å². The average molecular weight is 433 g/mol. The third-order valence-electron chi connectivity index (χ3n) is 5.10. The number of anilines is 1. The first kappa shape index (κ1) is 21.1. The summed E-state index contributed by atoms with van der Waals surface area (Å²) in [5, 5.41) is 10.4. The van der Waals surface area contributed by atoms with Crippen molar-refractivity contribution < 1.29 is 14.1 Å². The first-order chi connectivity index (χ1) is 15.4. The standard InChI is InChI=1S/C23H23N5O4/c1-13(2)21(29)26-19(11-15-12-24-18-9-4-3-8-17(15)18)22(30)25-16-7-5-6-14(10-16)20-27-23(31)32-28-20/h3-10,12-13,19,24H,11H2,1-2H3,(H,25,30)(H,26,29)(H,27,28,31). The van der Waals surface area contributed by atoms with Gasteiger partial charge in [0.15, 0.2) is 5.82 Å². The van der Waals surface area contributed by atoms with Crippen LogP contribution in [-0.2, 0) is 16.0 Å². The van der Waals surface area contributed by atoms with E-state index in [1.165, 1.54) is 0 Å². The van der Waals surface area contributed by atoms with E-state index in [0.29, 0.717) is 17.7 Å². The topological polar surface area (TPSA) is 133 Å². The van der Waals surface area contributed by atoms with Gasteiger partial charge >= 0.3 is 5.76 Å². The average Bonchev–Trinajstić information content (AvgIpc) is 3.40. The Morgan fingerprint density at radius 3 is 2.66 bits per heavy atom. The number of para-hydroxylation sites is 1. The molecule has 1 unspecified atom stereocenters. The molecule has 164 valence electrons. The van der Waals surface area contributed by atoms with Crippen molar-refractivity contribution in [3.63, 3.8) is 0 Å². The minimum atomic E-state index is -0.778. The summed E-state index contributed by atoms with van der Waals surface area (Å²) in [5.41, 5.74) is 2.97. The Bertz CT molecular complexity index is 1320. The molecular weight excluding hydrogens is 410 g/mol. The van der Waals surface area contributed by atoms with Gasteiger partial charge in [-0.2, -0.15) is 0 Å². The van der Waals surface area contributed by atoms with Crippen molar-refractivity contribution >= 4 is 28.4 Å². The van der Waals surface area contributed by atoms with E-state index in [2.05, 4.69) is 30.3 Å².